The molecule has 0 bridgehead atoms. The zero-order valence-corrected chi connectivity index (χ0v) is 15.6. The molecule has 1 aliphatic heterocycles. The molecule has 0 atom stereocenters. The van der Waals surface area contributed by atoms with Crippen LogP contribution in [0.25, 0.3) is 10.8 Å². The third-order valence-electron chi connectivity index (χ3n) is 3.57. The van der Waals surface area contributed by atoms with E-state index in [9.17, 15) is 4.79 Å². The first kappa shape index (κ1) is 20.0. The first-order valence-electron chi connectivity index (χ1n) is 7.19. The molecule has 23 heavy (non-hydrogen) atoms. The van der Waals surface area contributed by atoms with Gasteiger partial charge in [-0.2, -0.15) is 0 Å². The highest BCUT2D eigenvalue weighted by atomic mass is 35.5. The largest absolute Gasteiger partial charge is 0.459 e. The Hall–Kier alpha value is -1.08. The summed E-state index contributed by atoms with van der Waals surface area (Å²) in [4.78, 5) is 19.8. The van der Waals surface area contributed by atoms with E-state index in [1.54, 1.807) is 0 Å². The van der Waals surface area contributed by atoms with Crippen molar-refractivity contribution in [3.8, 4) is 10.8 Å². The average molecular weight is 378 g/mol. The maximum atomic E-state index is 12.7. The Morgan fingerprint density at radius 1 is 1.26 bits per heavy atom. The molecule has 2 aromatic heterocycles. The zero-order chi connectivity index (χ0) is 14.8. The Balaban J connectivity index is 0.00000132. The lowest BCUT2D eigenvalue weighted by atomic mass is 10.3. The van der Waals surface area contributed by atoms with Gasteiger partial charge in [0, 0.05) is 19.6 Å². The highest BCUT2D eigenvalue weighted by molar-refractivity contribution is 7.17. The second-order valence-electron chi connectivity index (χ2n) is 5.24. The summed E-state index contributed by atoms with van der Waals surface area (Å²) in [5.41, 5.74) is 0.784. The molecule has 1 fully saturated rings. The Morgan fingerprint density at radius 3 is 2.74 bits per heavy atom. The summed E-state index contributed by atoms with van der Waals surface area (Å²) in [7, 11) is 0. The predicted octanol–water partition coefficient (Wildman–Crippen LogP) is 3.30. The van der Waals surface area contributed by atoms with Crippen LogP contribution in [0, 0.1) is 13.8 Å². The van der Waals surface area contributed by atoms with Crippen molar-refractivity contribution in [2.45, 2.75) is 20.3 Å². The fraction of sp³-hybridized carbons (Fsp3) is 0.467. The molecule has 3 heterocycles. The smallest absolute Gasteiger partial charge is 0.265 e. The summed E-state index contributed by atoms with van der Waals surface area (Å²) in [5, 5.41) is 4.09. The molecule has 3 rings (SSSR count). The average Bonchev–Trinajstić information content (AvgIpc) is 2.95. The Morgan fingerprint density at radius 2 is 2.04 bits per heavy atom. The number of thiazole rings is 1. The van der Waals surface area contributed by atoms with Gasteiger partial charge in [0.15, 0.2) is 10.8 Å². The van der Waals surface area contributed by atoms with Crippen LogP contribution in [0.15, 0.2) is 16.5 Å². The van der Waals surface area contributed by atoms with Crippen LogP contribution in [0.4, 0.5) is 0 Å². The fourth-order valence-corrected chi connectivity index (χ4v) is 3.44. The third kappa shape index (κ3) is 4.47. The van der Waals surface area contributed by atoms with Crippen LogP contribution < -0.4 is 5.32 Å². The number of aromatic nitrogens is 1. The molecule has 1 aliphatic rings. The zero-order valence-electron chi connectivity index (χ0n) is 13.1. The van der Waals surface area contributed by atoms with Crippen molar-refractivity contribution in [2.75, 3.05) is 26.2 Å². The molecule has 1 amide bonds. The number of carbonyl (C=O) groups excluding carboxylic acids is 1. The van der Waals surface area contributed by atoms with Crippen molar-refractivity contribution in [2.24, 2.45) is 0 Å². The van der Waals surface area contributed by atoms with Crippen LogP contribution in [-0.2, 0) is 0 Å². The monoisotopic (exact) mass is 377 g/mol. The molecule has 0 spiro atoms. The summed E-state index contributed by atoms with van der Waals surface area (Å²) in [6, 6.07) is 3.81. The number of amides is 1. The lowest BCUT2D eigenvalue weighted by Gasteiger charge is -2.19. The minimum Gasteiger partial charge on any atom is -0.459 e. The van der Waals surface area contributed by atoms with Gasteiger partial charge < -0.3 is 14.6 Å². The van der Waals surface area contributed by atoms with Crippen LogP contribution in [0.3, 0.4) is 0 Å². The van der Waals surface area contributed by atoms with E-state index in [1.165, 1.54) is 11.3 Å². The number of aryl methyl sites for hydroxylation is 2. The molecule has 0 unspecified atom stereocenters. The van der Waals surface area contributed by atoms with E-state index in [4.69, 9.17) is 4.42 Å². The molecule has 0 saturated carbocycles. The van der Waals surface area contributed by atoms with E-state index in [1.807, 2.05) is 30.9 Å². The van der Waals surface area contributed by atoms with E-state index in [0.717, 1.165) is 59.7 Å². The van der Waals surface area contributed by atoms with Gasteiger partial charge in [-0.25, -0.2) is 4.98 Å². The molecule has 2 aromatic rings. The molecule has 1 N–H and O–H groups in total. The van der Waals surface area contributed by atoms with Crippen molar-refractivity contribution in [3.63, 3.8) is 0 Å². The van der Waals surface area contributed by atoms with E-state index >= 15 is 0 Å². The molecule has 0 aromatic carbocycles. The number of hydrogen-bond acceptors (Lipinski definition) is 5. The fourth-order valence-electron chi connectivity index (χ4n) is 2.44. The van der Waals surface area contributed by atoms with Crippen molar-refractivity contribution < 1.29 is 9.21 Å². The molecular weight excluding hydrogens is 357 g/mol. The number of rotatable bonds is 2. The van der Waals surface area contributed by atoms with E-state index in [-0.39, 0.29) is 30.7 Å². The summed E-state index contributed by atoms with van der Waals surface area (Å²) in [5.74, 6) is 1.67. The van der Waals surface area contributed by atoms with Gasteiger partial charge in [-0.1, -0.05) is 0 Å². The minimum absolute atomic E-state index is 0. The van der Waals surface area contributed by atoms with Crippen LogP contribution >= 0.6 is 36.2 Å². The van der Waals surface area contributed by atoms with Crippen molar-refractivity contribution in [3.05, 3.63) is 28.5 Å². The molecule has 8 heteroatoms. The van der Waals surface area contributed by atoms with Crippen molar-refractivity contribution >= 4 is 42.1 Å². The number of carbonyl (C=O) groups is 1. The van der Waals surface area contributed by atoms with Crippen molar-refractivity contribution in [1.82, 2.24) is 15.2 Å². The van der Waals surface area contributed by atoms with Gasteiger partial charge in [0.25, 0.3) is 5.91 Å². The maximum absolute atomic E-state index is 12.7. The van der Waals surface area contributed by atoms with Gasteiger partial charge in [0.05, 0.1) is 5.69 Å². The highest BCUT2D eigenvalue weighted by Gasteiger charge is 2.23. The maximum Gasteiger partial charge on any atom is 0.265 e. The predicted molar refractivity (Wildman–Crippen MR) is 97.2 cm³/mol. The van der Waals surface area contributed by atoms with Gasteiger partial charge >= 0.3 is 0 Å². The second kappa shape index (κ2) is 8.68. The number of furan rings is 1. The van der Waals surface area contributed by atoms with Gasteiger partial charge in [0.2, 0.25) is 0 Å². The summed E-state index contributed by atoms with van der Waals surface area (Å²) in [6.07, 6.45) is 0.994. The van der Waals surface area contributed by atoms with Gasteiger partial charge in [0.1, 0.15) is 10.6 Å². The van der Waals surface area contributed by atoms with E-state index < -0.39 is 0 Å². The normalized spacial score (nSPS) is 14.6. The topological polar surface area (TPSA) is 58.4 Å². The SMILES string of the molecule is Cc1ccc(-c2nc(C)c(C(=O)N3CCCNCC3)s2)o1.Cl.Cl. The molecule has 0 radical (unpaired) electrons. The number of hydrogen-bond donors (Lipinski definition) is 1. The van der Waals surface area contributed by atoms with E-state index in [0.29, 0.717) is 0 Å². The minimum atomic E-state index is 0. The van der Waals surface area contributed by atoms with Gasteiger partial charge in [-0.3, -0.25) is 4.79 Å². The van der Waals surface area contributed by atoms with Crippen LogP contribution in [0.2, 0.25) is 0 Å². The first-order chi connectivity index (χ1) is 10.1. The number of halogens is 2. The van der Waals surface area contributed by atoms with Crippen molar-refractivity contribution in [1.29, 1.82) is 0 Å². The quantitative estimate of drug-likeness (QED) is 0.871. The highest BCUT2D eigenvalue weighted by Crippen LogP contribution is 2.30. The van der Waals surface area contributed by atoms with E-state index in [2.05, 4.69) is 10.3 Å². The summed E-state index contributed by atoms with van der Waals surface area (Å²) >= 11 is 1.42. The standard InChI is InChI=1S/C15H19N3O2S.2ClH/c1-10-4-5-12(20-10)14-17-11(2)13(21-14)15(19)18-8-3-6-16-7-9-18;;/h4-5,16H,3,6-9H2,1-2H3;2*1H. The van der Waals surface area contributed by atoms with Crippen LogP contribution in [0.1, 0.15) is 27.5 Å². The Kier molecular flexibility index (Phi) is 7.54. The van der Waals surface area contributed by atoms with Crippen LogP contribution in [-0.4, -0.2) is 42.0 Å². The van der Waals surface area contributed by atoms with Gasteiger partial charge in [-0.05, 0) is 38.9 Å². The summed E-state index contributed by atoms with van der Waals surface area (Å²) < 4.78 is 5.60. The summed E-state index contributed by atoms with van der Waals surface area (Å²) in [6.45, 7) is 7.18. The Labute approximate surface area is 152 Å². The molecular formula is C15H21Cl2N3O2S. The molecule has 128 valence electrons. The Bertz CT molecular complexity index is 649. The number of nitrogens with zero attached hydrogens (tertiary/aromatic N) is 2. The number of nitrogens with one attached hydrogen (secondary N) is 1. The van der Waals surface area contributed by atoms with Gasteiger partial charge in [-0.15, -0.1) is 36.2 Å². The molecule has 1 saturated heterocycles. The lowest BCUT2D eigenvalue weighted by molar-refractivity contribution is 0.0770. The lowest BCUT2D eigenvalue weighted by Crippen LogP contribution is -2.34. The third-order valence-corrected chi connectivity index (χ3v) is 4.73. The second-order valence-corrected chi connectivity index (χ2v) is 6.24. The molecule has 0 aliphatic carbocycles. The molecule has 5 nitrogen and oxygen atoms in total. The van der Waals surface area contributed by atoms with Crippen LogP contribution in [0.5, 0.6) is 0 Å². The first-order valence-corrected chi connectivity index (χ1v) is 8.01.